The number of carbonyl (C=O) groups is 1. The van der Waals surface area contributed by atoms with E-state index in [0.29, 0.717) is 32.5 Å². The Morgan fingerprint density at radius 3 is 2.81 bits per heavy atom. The van der Waals surface area contributed by atoms with Gasteiger partial charge in [0, 0.05) is 31.4 Å². The van der Waals surface area contributed by atoms with Gasteiger partial charge in [-0.1, -0.05) is 6.07 Å². The van der Waals surface area contributed by atoms with Crippen LogP contribution in [-0.4, -0.2) is 66.4 Å². The molecule has 1 amide bonds. The highest BCUT2D eigenvalue weighted by Crippen LogP contribution is 2.46. The standard InChI is InChI=1S/C21H27F4N5O/c22-13-5-7-29(10-13)19-14(2-1-6-26-19)12-3-4-15-17(8-12)30(11-21(23,24)25)20(31)16-9-27-28-18(15)16/h1-2,6,12-13,15-18,27-28H,3-5,7-11H2. The number of carbonyl (C=O) groups excluding carboxylic acids is 1. The Bertz CT molecular complexity index is 836. The Balaban J connectivity index is 1.43. The van der Waals surface area contributed by atoms with Gasteiger partial charge in [0.25, 0.3) is 0 Å². The molecule has 4 fully saturated rings. The fourth-order valence-corrected chi connectivity index (χ4v) is 6.06. The van der Waals surface area contributed by atoms with Crippen molar-refractivity contribution in [1.29, 1.82) is 0 Å². The molecule has 2 N–H and O–H groups in total. The number of hydrogen-bond donors (Lipinski definition) is 2. The Labute approximate surface area is 178 Å². The Kier molecular flexibility index (Phi) is 5.32. The lowest BCUT2D eigenvalue weighted by Gasteiger charge is -2.50. The Hall–Kier alpha value is -1.94. The van der Waals surface area contributed by atoms with Crippen LogP contribution in [0.15, 0.2) is 18.3 Å². The number of pyridine rings is 1. The minimum absolute atomic E-state index is 0.0157. The van der Waals surface area contributed by atoms with Crippen molar-refractivity contribution in [1.82, 2.24) is 20.7 Å². The predicted octanol–water partition coefficient (Wildman–Crippen LogP) is 2.38. The van der Waals surface area contributed by atoms with Gasteiger partial charge in [0.1, 0.15) is 18.5 Å². The highest BCUT2D eigenvalue weighted by atomic mass is 19.4. The van der Waals surface area contributed by atoms with E-state index < -0.39 is 36.8 Å². The third-order valence-corrected chi connectivity index (χ3v) is 7.39. The number of amides is 1. The molecule has 3 saturated heterocycles. The SMILES string of the molecule is O=C1C2CNNC2C2CCC(c3cccnc3N3CCC(F)C3)CC2N1CC(F)(F)F. The van der Waals surface area contributed by atoms with Gasteiger partial charge in [-0.15, -0.1) is 0 Å². The summed E-state index contributed by atoms with van der Waals surface area (Å²) >= 11 is 0. The van der Waals surface area contributed by atoms with E-state index in [4.69, 9.17) is 0 Å². The molecule has 0 bridgehead atoms. The second kappa shape index (κ2) is 7.88. The van der Waals surface area contributed by atoms with Crippen LogP contribution in [0, 0.1) is 11.8 Å². The number of nitrogens with zero attached hydrogens (tertiary/aromatic N) is 3. The van der Waals surface area contributed by atoms with Gasteiger partial charge in [-0.2, -0.15) is 13.2 Å². The zero-order chi connectivity index (χ0) is 21.8. The molecule has 0 spiro atoms. The molecular weight excluding hydrogens is 414 g/mol. The summed E-state index contributed by atoms with van der Waals surface area (Å²) < 4.78 is 53.9. The molecule has 0 radical (unpaired) electrons. The predicted molar refractivity (Wildman–Crippen MR) is 106 cm³/mol. The minimum Gasteiger partial charge on any atom is -0.353 e. The summed E-state index contributed by atoms with van der Waals surface area (Å²) in [7, 11) is 0. The van der Waals surface area contributed by atoms with Crippen LogP contribution >= 0.6 is 0 Å². The lowest BCUT2D eigenvalue weighted by molar-refractivity contribution is -0.178. The Morgan fingerprint density at radius 2 is 2.06 bits per heavy atom. The number of piperidine rings is 1. The molecule has 10 heteroatoms. The van der Waals surface area contributed by atoms with Crippen molar-refractivity contribution in [2.45, 2.75) is 56.0 Å². The summed E-state index contributed by atoms with van der Waals surface area (Å²) in [6.45, 7) is 0.0257. The number of halogens is 4. The number of hydrogen-bond acceptors (Lipinski definition) is 5. The molecule has 1 aromatic rings. The highest BCUT2D eigenvalue weighted by molar-refractivity contribution is 5.82. The van der Waals surface area contributed by atoms with Crippen LogP contribution in [0.25, 0.3) is 0 Å². The smallest absolute Gasteiger partial charge is 0.353 e. The number of likely N-dealkylation sites (tertiary alicyclic amines) is 1. The van der Waals surface area contributed by atoms with Crippen molar-refractivity contribution in [3.05, 3.63) is 23.9 Å². The van der Waals surface area contributed by atoms with Crippen LogP contribution in [0.3, 0.4) is 0 Å². The summed E-state index contributed by atoms with van der Waals surface area (Å²) in [4.78, 5) is 20.5. The zero-order valence-corrected chi connectivity index (χ0v) is 17.1. The topological polar surface area (TPSA) is 60.5 Å². The maximum absolute atomic E-state index is 13.8. The first-order chi connectivity index (χ1) is 14.8. The van der Waals surface area contributed by atoms with Gasteiger partial charge in [0.05, 0.1) is 12.5 Å². The van der Waals surface area contributed by atoms with Gasteiger partial charge >= 0.3 is 6.18 Å². The van der Waals surface area contributed by atoms with Gasteiger partial charge in [-0.05, 0) is 49.1 Å². The number of alkyl halides is 4. The summed E-state index contributed by atoms with van der Waals surface area (Å²) in [5.74, 6) is -0.196. The molecule has 6 nitrogen and oxygen atoms in total. The van der Waals surface area contributed by atoms with E-state index in [1.54, 1.807) is 6.20 Å². The first-order valence-corrected chi connectivity index (χ1v) is 11.0. The van der Waals surface area contributed by atoms with Crippen LogP contribution in [0.4, 0.5) is 23.4 Å². The van der Waals surface area contributed by atoms with Crippen LogP contribution in [0.1, 0.15) is 37.2 Å². The van der Waals surface area contributed by atoms with Crippen molar-refractivity contribution < 1.29 is 22.4 Å². The molecule has 31 heavy (non-hydrogen) atoms. The number of rotatable bonds is 3. The van der Waals surface area contributed by atoms with Crippen LogP contribution in [0.5, 0.6) is 0 Å². The lowest BCUT2D eigenvalue weighted by atomic mass is 9.67. The monoisotopic (exact) mass is 441 g/mol. The fraction of sp³-hybridized carbons (Fsp3) is 0.714. The van der Waals surface area contributed by atoms with Gasteiger partial charge in [-0.3, -0.25) is 15.6 Å². The van der Waals surface area contributed by atoms with E-state index in [-0.39, 0.29) is 17.9 Å². The molecule has 4 heterocycles. The van der Waals surface area contributed by atoms with Crippen LogP contribution < -0.4 is 15.8 Å². The third kappa shape index (κ3) is 3.88. The average molecular weight is 441 g/mol. The first kappa shape index (κ1) is 20.9. The second-order valence-corrected chi connectivity index (χ2v) is 9.23. The summed E-state index contributed by atoms with van der Waals surface area (Å²) in [5.41, 5.74) is 7.07. The van der Waals surface area contributed by atoms with Crippen LogP contribution in [0.2, 0.25) is 0 Å². The maximum atomic E-state index is 13.8. The van der Waals surface area contributed by atoms with Gasteiger partial charge in [0.15, 0.2) is 0 Å². The molecule has 6 atom stereocenters. The lowest BCUT2D eigenvalue weighted by Crippen LogP contribution is -2.63. The van der Waals surface area contributed by atoms with Crippen molar-refractivity contribution in [2.24, 2.45) is 11.8 Å². The van der Waals surface area contributed by atoms with Crippen LogP contribution in [-0.2, 0) is 4.79 Å². The number of anilines is 1. The second-order valence-electron chi connectivity index (χ2n) is 9.23. The van der Waals surface area contributed by atoms with E-state index in [9.17, 15) is 22.4 Å². The minimum atomic E-state index is -4.44. The number of nitrogens with one attached hydrogen (secondary N) is 2. The molecule has 6 unspecified atom stereocenters. The molecule has 0 aromatic carbocycles. The summed E-state index contributed by atoms with van der Waals surface area (Å²) in [6.07, 6.45) is -1.19. The average Bonchev–Trinajstić information content (AvgIpc) is 3.39. The molecule has 170 valence electrons. The molecule has 3 aliphatic heterocycles. The van der Waals surface area contributed by atoms with E-state index in [1.807, 2.05) is 17.0 Å². The first-order valence-electron chi connectivity index (χ1n) is 11.0. The Morgan fingerprint density at radius 1 is 1.23 bits per heavy atom. The molecule has 5 rings (SSSR count). The van der Waals surface area contributed by atoms with E-state index >= 15 is 0 Å². The third-order valence-electron chi connectivity index (χ3n) is 7.39. The molecular formula is C21H27F4N5O. The summed E-state index contributed by atoms with van der Waals surface area (Å²) in [6, 6.07) is 3.16. The van der Waals surface area contributed by atoms with Crippen molar-refractivity contribution in [3.63, 3.8) is 0 Å². The number of aromatic nitrogens is 1. The zero-order valence-electron chi connectivity index (χ0n) is 17.1. The van der Waals surface area contributed by atoms with Crippen molar-refractivity contribution >= 4 is 11.7 Å². The van der Waals surface area contributed by atoms with E-state index in [0.717, 1.165) is 29.1 Å². The number of hydrazine groups is 1. The molecule has 1 aliphatic carbocycles. The normalized spacial score (nSPS) is 35.9. The number of fused-ring (bicyclic) bond motifs is 3. The van der Waals surface area contributed by atoms with Gasteiger partial charge in [0.2, 0.25) is 5.91 Å². The quantitative estimate of drug-likeness (QED) is 0.706. The fourth-order valence-electron chi connectivity index (χ4n) is 6.06. The summed E-state index contributed by atoms with van der Waals surface area (Å²) in [5, 5.41) is 0. The maximum Gasteiger partial charge on any atom is 0.406 e. The highest BCUT2D eigenvalue weighted by Gasteiger charge is 2.54. The molecule has 1 aromatic heterocycles. The van der Waals surface area contributed by atoms with Crippen molar-refractivity contribution in [3.8, 4) is 0 Å². The molecule has 4 aliphatic rings. The van der Waals surface area contributed by atoms with E-state index in [1.165, 1.54) is 0 Å². The van der Waals surface area contributed by atoms with Gasteiger partial charge < -0.3 is 9.80 Å². The van der Waals surface area contributed by atoms with E-state index in [2.05, 4.69) is 15.8 Å². The largest absolute Gasteiger partial charge is 0.406 e. The molecule has 1 saturated carbocycles. The van der Waals surface area contributed by atoms with Gasteiger partial charge in [-0.25, -0.2) is 9.37 Å². The van der Waals surface area contributed by atoms with Crippen molar-refractivity contribution in [2.75, 3.05) is 31.1 Å².